The number of rotatable bonds is 6. The van der Waals surface area contributed by atoms with Crippen LogP contribution in [0, 0.1) is 0 Å². The Hall–Kier alpha value is -3.78. The number of Topliss-reactive ketones (excluding diaryl/α,β-unsaturated/α-hetero) is 1. The Kier molecular flexibility index (Phi) is 5.90. The topological polar surface area (TPSA) is 102 Å². The van der Waals surface area contributed by atoms with E-state index in [4.69, 9.17) is 4.74 Å². The molecule has 0 fully saturated rings. The maximum absolute atomic E-state index is 12.4. The fraction of sp³-hybridized carbons (Fsp3) is 0.130. The normalized spacial score (nSPS) is 12.5. The molecule has 0 aliphatic carbocycles. The molecule has 2 N–H and O–H groups in total. The average Bonchev–Trinajstić information content (AvgIpc) is 3.32. The fourth-order valence-corrected chi connectivity index (χ4v) is 3.76. The van der Waals surface area contributed by atoms with Crippen LogP contribution in [-0.4, -0.2) is 30.2 Å². The first-order chi connectivity index (χ1) is 15.0. The van der Waals surface area contributed by atoms with Crippen LogP contribution in [0.5, 0.6) is 0 Å². The van der Waals surface area contributed by atoms with E-state index in [-0.39, 0.29) is 29.8 Å². The summed E-state index contributed by atoms with van der Waals surface area (Å²) in [4.78, 5) is 48.7. The molecule has 4 rings (SSSR count). The van der Waals surface area contributed by atoms with E-state index < -0.39 is 5.97 Å². The van der Waals surface area contributed by atoms with Crippen LogP contribution in [-0.2, 0) is 16.0 Å². The predicted molar refractivity (Wildman–Crippen MR) is 117 cm³/mol. The molecule has 1 aromatic heterocycles. The molecule has 3 aromatic rings. The maximum atomic E-state index is 12.4. The number of amides is 2. The van der Waals surface area contributed by atoms with Crippen molar-refractivity contribution in [1.29, 1.82) is 0 Å². The van der Waals surface area contributed by atoms with Gasteiger partial charge in [-0.3, -0.25) is 14.4 Å². The van der Waals surface area contributed by atoms with Crippen molar-refractivity contribution in [1.82, 2.24) is 0 Å². The van der Waals surface area contributed by atoms with Crippen molar-refractivity contribution in [3.63, 3.8) is 0 Å². The minimum Gasteiger partial charge on any atom is -0.454 e. The summed E-state index contributed by atoms with van der Waals surface area (Å²) >= 11 is 1.34. The monoisotopic (exact) mass is 434 g/mol. The van der Waals surface area contributed by atoms with Gasteiger partial charge in [0.2, 0.25) is 5.91 Å². The zero-order valence-corrected chi connectivity index (χ0v) is 17.2. The molecule has 31 heavy (non-hydrogen) atoms. The molecule has 0 saturated heterocycles. The van der Waals surface area contributed by atoms with Gasteiger partial charge in [-0.2, -0.15) is 0 Å². The van der Waals surface area contributed by atoms with Crippen LogP contribution in [0.25, 0.3) is 0 Å². The first-order valence-electron chi connectivity index (χ1n) is 9.57. The molecule has 0 bridgehead atoms. The molecule has 7 nitrogen and oxygen atoms in total. The number of aryl methyl sites for hydroxylation is 1. The van der Waals surface area contributed by atoms with E-state index >= 15 is 0 Å². The summed E-state index contributed by atoms with van der Waals surface area (Å²) in [5.74, 6) is -1.22. The van der Waals surface area contributed by atoms with Gasteiger partial charge in [-0.1, -0.05) is 6.07 Å². The molecule has 2 amide bonds. The Bertz CT molecular complexity index is 1150. The number of hydrogen-bond donors (Lipinski definition) is 2. The lowest BCUT2D eigenvalue weighted by Gasteiger charge is -2.17. The number of esters is 1. The third-order valence-electron chi connectivity index (χ3n) is 4.78. The molecule has 0 radical (unpaired) electrons. The van der Waals surface area contributed by atoms with Crippen LogP contribution < -0.4 is 10.6 Å². The van der Waals surface area contributed by atoms with E-state index in [1.807, 2.05) is 5.38 Å². The van der Waals surface area contributed by atoms with Crippen molar-refractivity contribution in [2.24, 2.45) is 0 Å². The quantitative estimate of drug-likeness (QED) is 0.452. The standard InChI is InChI=1S/C23H18N2O5S/c26-19(16-5-9-18-15(12-16)6-10-21(27)25-18)13-30-23(29)14-3-7-17(8-4-14)24-22(28)20-2-1-11-31-20/h1-5,7-9,11-12H,6,10,13H2,(H,24,28)(H,25,27). The molecular weight excluding hydrogens is 416 g/mol. The molecular formula is C23H18N2O5S. The van der Waals surface area contributed by atoms with E-state index in [1.54, 1.807) is 42.5 Å². The molecule has 0 atom stereocenters. The largest absolute Gasteiger partial charge is 0.454 e. The van der Waals surface area contributed by atoms with Crippen molar-refractivity contribution >= 4 is 46.3 Å². The van der Waals surface area contributed by atoms with E-state index in [2.05, 4.69) is 10.6 Å². The highest BCUT2D eigenvalue weighted by Crippen LogP contribution is 2.24. The van der Waals surface area contributed by atoms with Crippen molar-refractivity contribution in [2.45, 2.75) is 12.8 Å². The number of nitrogens with one attached hydrogen (secondary N) is 2. The van der Waals surface area contributed by atoms with Gasteiger partial charge in [0, 0.05) is 23.4 Å². The van der Waals surface area contributed by atoms with Gasteiger partial charge in [0.25, 0.3) is 5.91 Å². The van der Waals surface area contributed by atoms with Crippen molar-refractivity contribution in [3.8, 4) is 0 Å². The Morgan fingerprint density at radius 1 is 1.00 bits per heavy atom. The van der Waals surface area contributed by atoms with E-state index in [0.29, 0.717) is 34.7 Å². The molecule has 0 unspecified atom stereocenters. The Morgan fingerprint density at radius 2 is 1.77 bits per heavy atom. The first-order valence-corrected chi connectivity index (χ1v) is 10.5. The van der Waals surface area contributed by atoms with Crippen LogP contribution in [0.2, 0.25) is 0 Å². The highest BCUT2D eigenvalue weighted by atomic mass is 32.1. The number of carbonyl (C=O) groups is 4. The van der Waals surface area contributed by atoms with Crippen molar-refractivity contribution in [3.05, 3.63) is 81.5 Å². The van der Waals surface area contributed by atoms with Gasteiger partial charge >= 0.3 is 5.97 Å². The second-order valence-electron chi connectivity index (χ2n) is 6.93. The van der Waals surface area contributed by atoms with E-state index in [9.17, 15) is 19.2 Å². The predicted octanol–water partition coefficient (Wildman–Crippen LogP) is 3.92. The second kappa shape index (κ2) is 8.93. The lowest BCUT2D eigenvalue weighted by atomic mass is 9.99. The van der Waals surface area contributed by atoms with Crippen LogP contribution in [0.15, 0.2) is 60.0 Å². The fourth-order valence-electron chi connectivity index (χ4n) is 3.14. The molecule has 0 spiro atoms. The molecule has 156 valence electrons. The van der Waals surface area contributed by atoms with Gasteiger partial charge in [0.15, 0.2) is 12.4 Å². The third-order valence-corrected chi connectivity index (χ3v) is 5.65. The number of hydrogen-bond acceptors (Lipinski definition) is 6. The van der Waals surface area contributed by atoms with Crippen LogP contribution in [0.3, 0.4) is 0 Å². The number of ketones is 1. The Morgan fingerprint density at radius 3 is 2.52 bits per heavy atom. The highest BCUT2D eigenvalue weighted by molar-refractivity contribution is 7.12. The number of benzene rings is 2. The van der Waals surface area contributed by atoms with E-state index in [0.717, 1.165) is 5.56 Å². The van der Waals surface area contributed by atoms with Gasteiger partial charge in [0.1, 0.15) is 0 Å². The zero-order valence-electron chi connectivity index (χ0n) is 16.3. The summed E-state index contributed by atoms with van der Waals surface area (Å²) in [7, 11) is 0. The Balaban J connectivity index is 1.33. The first kappa shape index (κ1) is 20.5. The summed E-state index contributed by atoms with van der Waals surface area (Å²) in [6.45, 7) is -0.388. The lowest BCUT2D eigenvalue weighted by Crippen LogP contribution is -2.20. The van der Waals surface area contributed by atoms with Crippen molar-refractivity contribution < 1.29 is 23.9 Å². The minimum atomic E-state index is -0.630. The van der Waals surface area contributed by atoms with Crippen LogP contribution in [0.1, 0.15) is 42.4 Å². The molecule has 2 heterocycles. The van der Waals surface area contributed by atoms with Crippen LogP contribution >= 0.6 is 11.3 Å². The maximum Gasteiger partial charge on any atom is 0.338 e. The van der Waals surface area contributed by atoms with Gasteiger partial charge in [-0.05, 0) is 65.9 Å². The van der Waals surface area contributed by atoms with Gasteiger partial charge < -0.3 is 15.4 Å². The molecule has 1 aliphatic heterocycles. The van der Waals surface area contributed by atoms with Gasteiger partial charge in [-0.15, -0.1) is 11.3 Å². The summed E-state index contributed by atoms with van der Waals surface area (Å²) < 4.78 is 5.14. The molecule has 0 saturated carbocycles. The van der Waals surface area contributed by atoms with Gasteiger partial charge in [0.05, 0.1) is 10.4 Å². The van der Waals surface area contributed by atoms with Gasteiger partial charge in [-0.25, -0.2) is 4.79 Å². The highest BCUT2D eigenvalue weighted by Gasteiger charge is 2.18. The van der Waals surface area contributed by atoms with Crippen LogP contribution in [0.4, 0.5) is 11.4 Å². The number of ether oxygens (including phenoxy) is 1. The Labute approximate surface area is 182 Å². The van der Waals surface area contributed by atoms with Crippen molar-refractivity contribution in [2.75, 3.05) is 17.2 Å². The summed E-state index contributed by atoms with van der Waals surface area (Å²) in [5.41, 5.74) is 2.84. The molecule has 2 aromatic carbocycles. The summed E-state index contributed by atoms with van der Waals surface area (Å²) in [6.07, 6.45) is 0.945. The average molecular weight is 434 g/mol. The summed E-state index contributed by atoms with van der Waals surface area (Å²) in [5, 5.41) is 7.33. The minimum absolute atomic E-state index is 0.0439. The zero-order chi connectivity index (χ0) is 21.8. The molecule has 1 aliphatic rings. The lowest BCUT2D eigenvalue weighted by molar-refractivity contribution is -0.116. The SMILES string of the molecule is O=C1CCc2cc(C(=O)COC(=O)c3ccc(NC(=O)c4cccs4)cc3)ccc2N1. The number of anilines is 2. The third kappa shape index (κ3) is 4.87. The van der Waals surface area contributed by atoms with E-state index in [1.165, 1.54) is 23.5 Å². The number of carbonyl (C=O) groups excluding carboxylic acids is 4. The molecule has 8 heteroatoms. The second-order valence-corrected chi connectivity index (χ2v) is 7.88. The smallest absolute Gasteiger partial charge is 0.338 e. The number of fused-ring (bicyclic) bond motifs is 1. The number of thiophene rings is 1. The summed E-state index contributed by atoms with van der Waals surface area (Å²) in [6, 6.07) is 14.8.